The maximum absolute atomic E-state index is 12.2. The molecule has 6 N–H and O–H groups in total. The summed E-state index contributed by atoms with van der Waals surface area (Å²) in [6.45, 7) is 0.674. The largest absolute Gasteiger partial charge is 0.384 e. The normalized spacial score (nSPS) is 12.1. The Hall–Kier alpha value is -1.72. The van der Waals surface area contributed by atoms with Gasteiger partial charge in [0.25, 0.3) is 0 Å². The molecule has 0 aromatic heterocycles. The fourth-order valence-electron chi connectivity index (χ4n) is 2.25. The second-order valence-corrected chi connectivity index (χ2v) is 5.20. The predicted octanol–water partition coefficient (Wildman–Crippen LogP) is 1.19. The Balaban J connectivity index is 2.45. The average Bonchev–Trinajstić information content (AvgIpc) is 2.49. The first kappa shape index (κ1) is 17.3. The second-order valence-electron chi connectivity index (χ2n) is 5.20. The molecule has 0 bridgehead atoms. The van der Waals surface area contributed by atoms with E-state index in [0.717, 1.165) is 24.8 Å². The van der Waals surface area contributed by atoms with Gasteiger partial charge in [-0.3, -0.25) is 10.2 Å². The monoisotopic (exact) mass is 290 g/mol. The molecule has 5 heteroatoms. The molecular formula is C16H26N4O. The zero-order valence-electron chi connectivity index (χ0n) is 12.7. The topological polar surface area (TPSA) is 105 Å². The minimum absolute atomic E-state index is 0.0628. The average molecular weight is 290 g/mol. The summed E-state index contributed by atoms with van der Waals surface area (Å²) in [6.07, 6.45) is 4.01. The molecule has 1 atom stereocenters. The second kappa shape index (κ2) is 9.26. The number of ketones is 1. The quantitative estimate of drug-likeness (QED) is 0.295. The molecule has 0 fully saturated rings. The maximum atomic E-state index is 12.2. The zero-order chi connectivity index (χ0) is 15.7. The van der Waals surface area contributed by atoms with Crippen LogP contribution in [0, 0.1) is 5.41 Å². The van der Waals surface area contributed by atoms with Crippen LogP contribution in [-0.2, 0) is 11.2 Å². The standard InChI is InChI=1S/C16H26N4O/c1-20-14(4-2-3-11-17)15(21)10-7-12-5-8-13(9-6-12)16(18)19/h5-6,8-9,14,20H,2-4,7,10-11,17H2,1H3,(H3,18,19). The van der Waals surface area contributed by atoms with Gasteiger partial charge in [0.1, 0.15) is 11.6 Å². The number of Topliss-reactive ketones (excluding diaryl/α,β-unsaturated/α-hetero) is 1. The molecule has 1 rings (SSSR count). The van der Waals surface area contributed by atoms with Crippen molar-refractivity contribution in [3.8, 4) is 0 Å². The Kier molecular flexibility index (Phi) is 7.64. The first-order chi connectivity index (χ1) is 10.1. The van der Waals surface area contributed by atoms with Gasteiger partial charge in [-0.1, -0.05) is 30.7 Å². The summed E-state index contributed by atoms with van der Waals surface area (Å²) in [5.74, 6) is 0.304. The Morgan fingerprint density at radius 1 is 1.29 bits per heavy atom. The van der Waals surface area contributed by atoms with Crippen molar-refractivity contribution in [2.24, 2.45) is 11.5 Å². The van der Waals surface area contributed by atoms with Crippen LogP contribution >= 0.6 is 0 Å². The summed E-state index contributed by atoms with van der Waals surface area (Å²) >= 11 is 0. The van der Waals surface area contributed by atoms with E-state index < -0.39 is 0 Å². The van der Waals surface area contributed by atoms with Crippen molar-refractivity contribution in [3.05, 3.63) is 35.4 Å². The first-order valence-corrected chi connectivity index (χ1v) is 7.42. The van der Waals surface area contributed by atoms with Gasteiger partial charge in [-0.2, -0.15) is 0 Å². The molecule has 0 saturated heterocycles. The van der Waals surface area contributed by atoms with Crippen LogP contribution < -0.4 is 16.8 Å². The number of hydrogen-bond donors (Lipinski definition) is 4. The van der Waals surface area contributed by atoms with Gasteiger partial charge in [-0.25, -0.2) is 0 Å². The Labute approximate surface area is 126 Å². The van der Waals surface area contributed by atoms with Gasteiger partial charge in [-0.15, -0.1) is 0 Å². The van der Waals surface area contributed by atoms with E-state index in [9.17, 15) is 4.79 Å². The van der Waals surface area contributed by atoms with Crippen molar-refractivity contribution in [2.45, 2.75) is 38.1 Å². The van der Waals surface area contributed by atoms with Crippen LogP contribution in [0.2, 0.25) is 0 Å². The highest BCUT2D eigenvalue weighted by molar-refractivity contribution is 5.94. The number of benzene rings is 1. The Morgan fingerprint density at radius 3 is 2.48 bits per heavy atom. The van der Waals surface area contributed by atoms with Gasteiger partial charge in [0.2, 0.25) is 0 Å². The molecule has 0 heterocycles. The number of nitrogens with two attached hydrogens (primary N) is 2. The number of aryl methyl sites for hydroxylation is 1. The van der Waals surface area contributed by atoms with Crippen LogP contribution in [0.5, 0.6) is 0 Å². The van der Waals surface area contributed by atoms with E-state index in [0.29, 0.717) is 24.9 Å². The lowest BCUT2D eigenvalue weighted by atomic mass is 9.99. The molecule has 0 aliphatic heterocycles. The lowest BCUT2D eigenvalue weighted by molar-refractivity contribution is -0.121. The van der Waals surface area contributed by atoms with Crippen molar-refractivity contribution in [3.63, 3.8) is 0 Å². The van der Waals surface area contributed by atoms with Crippen LogP contribution in [0.25, 0.3) is 0 Å². The number of likely N-dealkylation sites (N-methyl/N-ethyl adjacent to an activating group) is 1. The van der Waals surface area contributed by atoms with E-state index in [1.807, 2.05) is 31.3 Å². The third-order valence-corrected chi connectivity index (χ3v) is 3.61. The van der Waals surface area contributed by atoms with Gasteiger partial charge < -0.3 is 16.8 Å². The fraction of sp³-hybridized carbons (Fsp3) is 0.500. The number of amidine groups is 1. The highest BCUT2D eigenvalue weighted by atomic mass is 16.1. The zero-order valence-corrected chi connectivity index (χ0v) is 12.7. The lowest BCUT2D eigenvalue weighted by Crippen LogP contribution is -2.34. The van der Waals surface area contributed by atoms with Crippen LogP contribution in [0.4, 0.5) is 0 Å². The molecule has 21 heavy (non-hydrogen) atoms. The smallest absolute Gasteiger partial charge is 0.150 e. The van der Waals surface area contributed by atoms with Gasteiger partial charge >= 0.3 is 0 Å². The molecule has 1 unspecified atom stereocenters. The predicted molar refractivity (Wildman–Crippen MR) is 86.5 cm³/mol. The highest BCUT2D eigenvalue weighted by Crippen LogP contribution is 2.09. The molecule has 0 aliphatic rings. The summed E-state index contributed by atoms with van der Waals surface area (Å²) in [5, 5.41) is 10.4. The lowest BCUT2D eigenvalue weighted by Gasteiger charge is -2.14. The van der Waals surface area contributed by atoms with Crippen molar-refractivity contribution in [2.75, 3.05) is 13.6 Å². The van der Waals surface area contributed by atoms with Gasteiger partial charge in [-0.05, 0) is 38.4 Å². The summed E-state index contributed by atoms with van der Waals surface area (Å²) in [5.41, 5.74) is 12.7. The van der Waals surface area contributed by atoms with E-state index in [-0.39, 0.29) is 17.7 Å². The molecule has 0 radical (unpaired) electrons. The minimum Gasteiger partial charge on any atom is -0.384 e. The van der Waals surface area contributed by atoms with Crippen LogP contribution in [0.3, 0.4) is 0 Å². The van der Waals surface area contributed by atoms with Gasteiger partial charge in [0.05, 0.1) is 6.04 Å². The molecule has 0 aliphatic carbocycles. The third kappa shape index (κ3) is 6.06. The van der Waals surface area contributed by atoms with Crippen LogP contribution in [0.15, 0.2) is 24.3 Å². The summed E-state index contributed by atoms with van der Waals surface area (Å²) in [7, 11) is 1.83. The van der Waals surface area contributed by atoms with E-state index in [4.69, 9.17) is 16.9 Å². The summed E-state index contributed by atoms with van der Waals surface area (Å²) in [4.78, 5) is 12.2. The molecule has 5 nitrogen and oxygen atoms in total. The van der Waals surface area contributed by atoms with E-state index in [2.05, 4.69) is 5.32 Å². The van der Waals surface area contributed by atoms with Crippen LogP contribution in [-0.4, -0.2) is 31.3 Å². The van der Waals surface area contributed by atoms with Crippen molar-refractivity contribution >= 4 is 11.6 Å². The number of hydrogen-bond acceptors (Lipinski definition) is 4. The molecule has 0 spiro atoms. The summed E-state index contributed by atoms with van der Waals surface area (Å²) < 4.78 is 0. The van der Waals surface area contributed by atoms with E-state index in [1.165, 1.54) is 0 Å². The molecule has 116 valence electrons. The van der Waals surface area contributed by atoms with Crippen molar-refractivity contribution in [1.82, 2.24) is 5.32 Å². The third-order valence-electron chi connectivity index (χ3n) is 3.61. The number of nitrogens with one attached hydrogen (secondary N) is 2. The highest BCUT2D eigenvalue weighted by Gasteiger charge is 2.15. The summed E-state index contributed by atoms with van der Waals surface area (Å²) in [6, 6.07) is 7.41. The maximum Gasteiger partial charge on any atom is 0.150 e. The van der Waals surface area contributed by atoms with Crippen molar-refractivity contribution < 1.29 is 4.79 Å². The number of nitrogen functional groups attached to an aromatic ring is 1. The fourth-order valence-corrected chi connectivity index (χ4v) is 2.25. The van der Waals surface area contributed by atoms with Gasteiger partial charge in [0, 0.05) is 12.0 Å². The van der Waals surface area contributed by atoms with E-state index in [1.54, 1.807) is 0 Å². The molecule has 0 amide bonds. The van der Waals surface area contributed by atoms with Crippen molar-refractivity contribution in [1.29, 1.82) is 5.41 Å². The number of rotatable bonds is 10. The number of carbonyl (C=O) groups excluding carboxylic acids is 1. The Bertz CT molecular complexity index is 456. The molecular weight excluding hydrogens is 264 g/mol. The van der Waals surface area contributed by atoms with Crippen LogP contribution in [0.1, 0.15) is 36.8 Å². The molecule has 0 saturated carbocycles. The minimum atomic E-state index is -0.0759. The molecule has 1 aromatic carbocycles. The molecule has 1 aromatic rings. The Morgan fingerprint density at radius 2 is 1.95 bits per heavy atom. The SMILES string of the molecule is CNC(CCCCN)C(=O)CCc1ccc(C(=N)N)cc1. The van der Waals surface area contributed by atoms with Gasteiger partial charge in [0.15, 0.2) is 0 Å². The number of carbonyl (C=O) groups is 1. The first-order valence-electron chi connectivity index (χ1n) is 7.42. The number of unbranched alkanes of at least 4 members (excludes halogenated alkanes) is 1. The van der Waals surface area contributed by atoms with E-state index >= 15 is 0 Å².